The summed E-state index contributed by atoms with van der Waals surface area (Å²) >= 11 is 0. The molecular weight excluding hydrogens is 416 g/mol. The first-order valence-corrected chi connectivity index (χ1v) is 11.3. The van der Waals surface area contributed by atoms with E-state index in [2.05, 4.69) is 65.8 Å². The Hall–Kier alpha value is -4.37. The van der Waals surface area contributed by atoms with E-state index in [-0.39, 0.29) is 5.56 Å². The average molecular weight is 442 g/mol. The molecule has 0 amide bonds. The first kappa shape index (κ1) is 16.3. The molecule has 2 bridgehead atoms. The number of rotatable bonds is 1. The van der Waals surface area contributed by atoms with Gasteiger partial charge in [-0.05, 0) is 72.4 Å². The van der Waals surface area contributed by atoms with Crippen molar-refractivity contribution in [2.75, 3.05) is 5.32 Å². The monoisotopic (exact) mass is 441 g/mol. The third-order valence-corrected chi connectivity index (χ3v) is 6.80. The standard InChI is InChI=1S/C31H22N2O/c1-18-10-13-26(32-17-18)20-11-14-27-25(16-20)22-8-5-7-21(19(22)2)23-12-15-29-30(31(23)33-27)24-6-3-4-9-28(24)34-29/h3-17,33H,1-2H3/i1D3. The fraction of sp³-hybridized carbons (Fsp3) is 0.0645. The second-order valence-electron chi connectivity index (χ2n) is 8.76. The summed E-state index contributed by atoms with van der Waals surface area (Å²) in [5.41, 5.74) is 11.3. The number of aromatic nitrogens is 1. The first-order chi connectivity index (χ1) is 17.9. The Labute approximate surface area is 201 Å². The molecule has 3 heterocycles. The van der Waals surface area contributed by atoms with Crippen LogP contribution in [-0.2, 0) is 0 Å². The molecule has 1 aliphatic heterocycles. The number of benzene rings is 4. The van der Waals surface area contributed by atoms with Crippen LogP contribution in [0.2, 0.25) is 0 Å². The molecule has 0 spiro atoms. The largest absolute Gasteiger partial charge is 0.456 e. The van der Waals surface area contributed by atoms with Gasteiger partial charge in [0.25, 0.3) is 0 Å². The molecule has 2 aromatic heterocycles. The predicted molar refractivity (Wildman–Crippen MR) is 141 cm³/mol. The number of hydrogen-bond donors (Lipinski definition) is 1. The quantitative estimate of drug-likeness (QED) is 0.277. The molecule has 3 nitrogen and oxygen atoms in total. The summed E-state index contributed by atoms with van der Waals surface area (Å²) < 4.78 is 29.1. The summed E-state index contributed by atoms with van der Waals surface area (Å²) in [6, 6.07) is 28.4. The molecule has 0 aliphatic carbocycles. The minimum atomic E-state index is -2.17. The molecule has 162 valence electrons. The van der Waals surface area contributed by atoms with E-state index >= 15 is 0 Å². The van der Waals surface area contributed by atoms with Crippen molar-refractivity contribution in [1.82, 2.24) is 4.98 Å². The second kappa shape index (κ2) is 7.06. The van der Waals surface area contributed by atoms with Crippen molar-refractivity contribution in [3.63, 3.8) is 0 Å². The number of hydrogen-bond acceptors (Lipinski definition) is 3. The molecule has 1 N–H and O–H groups in total. The highest BCUT2D eigenvalue weighted by molar-refractivity contribution is 6.16. The smallest absolute Gasteiger partial charge is 0.137 e. The number of anilines is 2. The first-order valence-electron chi connectivity index (χ1n) is 12.8. The van der Waals surface area contributed by atoms with Crippen LogP contribution in [0, 0.1) is 13.8 Å². The van der Waals surface area contributed by atoms with E-state index in [4.69, 9.17) is 8.53 Å². The van der Waals surface area contributed by atoms with Crippen LogP contribution < -0.4 is 5.32 Å². The van der Waals surface area contributed by atoms with Crippen molar-refractivity contribution in [2.45, 2.75) is 13.8 Å². The maximum Gasteiger partial charge on any atom is 0.137 e. The van der Waals surface area contributed by atoms with Gasteiger partial charge in [0.15, 0.2) is 0 Å². The van der Waals surface area contributed by atoms with Crippen LogP contribution in [0.15, 0.2) is 95.5 Å². The molecule has 0 radical (unpaired) electrons. The van der Waals surface area contributed by atoms with E-state index in [1.54, 1.807) is 12.1 Å². The Morgan fingerprint density at radius 2 is 1.68 bits per heavy atom. The SMILES string of the molecule is [2H]C([2H])([2H])c1ccc(-c2ccc3c(c2)-c2cccc(c2C)-c2ccc4oc5ccccc5c4c2N3)nc1. The number of para-hydroxylation sites is 1. The lowest BCUT2D eigenvalue weighted by molar-refractivity contribution is 0.669. The Bertz CT molecular complexity index is 1850. The topological polar surface area (TPSA) is 38.1 Å². The van der Waals surface area contributed by atoms with Gasteiger partial charge in [0.2, 0.25) is 0 Å². The highest BCUT2D eigenvalue weighted by Gasteiger charge is 2.22. The Morgan fingerprint density at radius 3 is 2.53 bits per heavy atom. The Morgan fingerprint density at radius 1 is 0.794 bits per heavy atom. The van der Waals surface area contributed by atoms with Gasteiger partial charge >= 0.3 is 0 Å². The zero-order valence-electron chi connectivity index (χ0n) is 21.5. The molecule has 0 saturated heterocycles. The van der Waals surface area contributed by atoms with Gasteiger partial charge < -0.3 is 9.73 Å². The zero-order chi connectivity index (χ0) is 25.3. The van der Waals surface area contributed by atoms with E-state index in [1.807, 2.05) is 24.3 Å². The molecule has 34 heavy (non-hydrogen) atoms. The van der Waals surface area contributed by atoms with Crippen LogP contribution in [0.3, 0.4) is 0 Å². The minimum absolute atomic E-state index is 0.237. The number of aryl methyl sites for hydroxylation is 1. The van der Waals surface area contributed by atoms with Crippen LogP contribution in [0.1, 0.15) is 15.2 Å². The molecule has 0 fully saturated rings. The fourth-order valence-corrected chi connectivity index (χ4v) is 5.12. The summed E-state index contributed by atoms with van der Waals surface area (Å²) in [4.78, 5) is 4.47. The number of nitrogens with one attached hydrogen (secondary N) is 1. The normalized spacial score (nSPS) is 13.7. The Balaban J connectivity index is 1.46. The van der Waals surface area contributed by atoms with E-state index in [9.17, 15) is 0 Å². The summed E-state index contributed by atoms with van der Waals surface area (Å²) in [5, 5.41) is 5.90. The van der Waals surface area contributed by atoms with E-state index in [1.165, 1.54) is 17.3 Å². The van der Waals surface area contributed by atoms with E-state index in [0.29, 0.717) is 0 Å². The molecule has 0 saturated carbocycles. The van der Waals surface area contributed by atoms with E-state index in [0.717, 1.165) is 61.3 Å². The predicted octanol–water partition coefficient (Wildman–Crippen LogP) is 8.66. The number of nitrogens with zero attached hydrogens (tertiary/aromatic N) is 1. The lowest BCUT2D eigenvalue weighted by Gasteiger charge is -2.24. The van der Waals surface area contributed by atoms with Crippen molar-refractivity contribution in [3.05, 3.63) is 102 Å². The minimum Gasteiger partial charge on any atom is -0.456 e. The van der Waals surface area contributed by atoms with Gasteiger partial charge in [0.1, 0.15) is 11.2 Å². The van der Waals surface area contributed by atoms with Crippen LogP contribution in [-0.4, -0.2) is 4.98 Å². The lowest BCUT2D eigenvalue weighted by atomic mass is 9.87. The fourth-order valence-electron chi connectivity index (χ4n) is 5.12. The van der Waals surface area contributed by atoms with Crippen molar-refractivity contribution in [1.29, 1.82) is 0 Å². The highest BCUT2D eigenvalue weighted by Crippen LogP contribution is 2.47. The molecule has 0 atom stereocenters. The summed E-state index contributed by atoms with van der Waals surface area (Å²) in [6.07, 6.45) is 1.44. The van der Waals surface area contributed by atoms with Crippen LogP contribution >= 0.6 is 0 Å². The maximum atomic E-state index is 7.63. The van der Waals surface area contributed by atoms with Gasteiger partial charge in [-0.2, -0.15) is 0 Å². The third kappa shape index (κ3) is 2.74. The van der Waals surface area contributed by atoms with E-state index < -0.39 is 6.85 Å². The summed E-state index contributed by atoms with van der Waals surface area (Å²) in [7, 11) is 0. The molecule has 7 rings (SSSR count). The molecule has 4 aromatic carbocycles. The lowest BCUT2D eigenvalue weighted by Crippen LogP contribution is -2.02. The van der Waals surface area contributed by atoms with Crippen LogP contribution in [0.25, 0.3) is 55.4 Å². The molecular formula is C31H22N2O. The summed E-state index contributed by atoms with van der Waals surface area (Å²) in [5.74, 6) is 0. The van der Waals surface area contributed by atoms with Crippen LogP contribution in [0.5, 0.6) is 0 Å². The number of furan rings is 1. The average Bonchev–Trinajstić information content (AvgIpc) is 3.28. The van der Waals surface area contributed by atoms with Crippen molar-refractivity contribution in [2.24, 2.45) is 0 Å². The van der Waals surface area contributed by atoms with Gasteiger partial charge in [-0.25, -0.2) is 0 Å². The maximum absolute atomic E-state index is 7.63. The molecule has 1 aliphatic rings. The van der Waals surface area contributed by atoms with Gasteiger partial charge in [0, 0.05) is 38.1 Å². The Kier molecular flexibility index (Phi) is 3.38. The number of pyridine rings is 1. The third-order valence-electron chi connectivity index (χ3n) is 6.80. The van der Waals surface area contributed by atoms with Crippen molar-refractivity contribution >= 4 is 33.3 Å². The summed E-state index contributed by atoms with van der Waals surface area (Å²) in [6.45, 7) is -0.00767. The molecule has 6 aromatic rings. The van der Waals surface area contributed by atoms with Crippen LogP contribution in [0.4, 0.5) is 11.4 Å². The van der Waals surface area contributed by atoms with Gasteiger partial charge in [-0.15, -0.1) is 0 Å². The number of fused-ring (bicyclic) bond motifs is 10. The molecule has 0 unspecified atom stereocenters. The zero-order valence-corrected chi connectivity index (χ0v) is 18.5. The van der Waals surface area contributed by atoms with Crippen molar-refractivity contribution < 1.29 is 8.53 Å². The van der Waals surface area contributed by atoms with Gasteiger partial charge in [-0.1, -0.05) is 48.5 Å². The molecule has 3 heteroatoms. The van der Waals surface area contributed by atoms with Gasteiger partial charge in [0.05, 0.1) is 16.8 Å². The van der Waals surface area contributed by atoms with Crippen molar-refractivity contribution in [3.8, 4) is 33.5 Å². The second-order valence-corrected chi connectivity index (χ2v) is 8.76. The van der Waals surface area contributed by atoms with Gasteiger partial charge in [-0.3, -0.25) is 4.98 Å². The highest BCUT2D eigenvalue weighted by atomic mass is 16.3.